The minimum atomic E-state index is -3.85. The van der Waals surface area contributed by atoms with Crippen LogP contribution in [0, 0.1) is 11.6 Å². The molecule has 0 aliphatic carbocycles. The van der Waals surface area contributed by atoms with Crippen LogP contribution in [0.2, 0.25) is 0 Å². The summed E-state index contributed by atoms with van der Waals surface area (Å²) in [5.74, 6) is -4.15. The zero-order chi connectivity index (χ0) is 21.7. The van der Waals surface area contributed by atoms with Crippen molar-refractivity contribution in [3.05, 3.63) is 71.0 Å². The molecule has 2 aromatic rings. The maximum absolute atomic E-state index is 14.5. The van der Waals surface area contributed by atoms with E-state index in [4.69, 9.17) is 9.47 Å². The van der Waals surface area contributed by atoms with Gasteiger partial charge in [0, 0.05) is 0 Å². The van der Waals surface area contributed by atoms with E-state index in [1.165, 1.54) is 29.8 Å². The van der Waals surface area contributed by atoms with E-state index in [1.807, 2.05) is 0 Å². The van der Waals surface area contributed by atoms with Gasteiger partial charge in [-0.2, -0.15) is 17.6 Å². The quantitative estimate of drug-likeness (QED) is 0.426. The topological polar surface area (TPSA) is 27.7 Å². The van der Waals surface area contributed by atoms with Crippen LogP contribution in [0.5, 0.6) is 11.5 Å². The molecule has 0 saturated carbocycles. The molecule has 1 unspecified atom stereocenters. The molecule has 0 amide bonds. The molecule has 30 heavy (non-hydrogen) atoms. The van der Waals surface area contributed by atoms with Gasteiger partial charge < -0.3 is 14.2 Å². The van der Waals surface area contributed by atoms with Gasteiger partial charge in [-0.3, -0.25) is 0 Å². The van der Waals surface area contributed by atoms with Crippen LogP contribution < -0.4 is 9.47 Å². The van der Waals surface area contributed by atoms with Crippen molar-refractivity contribution in [2.45, 2.75) is 51.7 Å². The number of halogens is 4. The maximum Gasteiger partial charge on any atom is 0.426 e. The smallest absolute Gasteiger partial charge is 0.426 e. The SMILES string of the molecule is CCCC1=COC(c2ccc(C(F)(F)Oc3ccc(OCC)c(F)c3F)cc2)CC1. The van der Waals surface area contributed by atoms with Crippen LogP contribution in [-0.2, 0) is 10.8 Å². The van der Waals surface area contributed by atoms with Gasteiger partial charge in [-0.15, -0.1) is 0 Å². The molecule has 162 valence electrons. The van der Waals surface area contributed by atoms with Crippen molar-refractivity contribution in [3.63, 3.8) is 0 Å². The molecule has 1 aliphatic rings. The number of ether oxygens (including phenoxy) is 3. The van der Waals surface area contributed by atoms with Crippen LogP contribution in [0.4, 0.5) is 17.6 Å². The predicted octanol–water partition coefficient (Wildman–Crippen LogP) is 7.03. The van der Waals surface area contributed by atoms with Gasteiger partial charge in [-0.25, -0.2) is 0 Å². The summed E-state index contributed by atoms with van der Waals surface area (Å²) in [4.78, 5) is 0. The average Bonchev–Trinajstić information content (AvgIpc) is 2.74. The summed E-state index contributed by atoms with van der Waals surface area (Å²) >= 11 is 0. The van der Waals surface area contributed by atoms with E-state index in [0.29, 0.717) is 0 Å². The molecule has 1 aliphatic heterocycles. The summed E-state index contributed by atoms with van der Waals surface area (Å²) in [6.07, 6.45) is 1.41. The second-order valence-corrected chi connectivity index (χ2v) is 7.05. The molecule has 1 heterocycles. The Kier molecular flexibility index (Phi) is 6.90. The van der Waals surface area contributed by atoms with Crippen LogP contribution in [0.25, 0.3) is 0 Å². The third-order valence-electron chi connectivity index (χ3n) is 4.87. The van der Waals surface area contributed by atoms with Crippen LogP contribution in [-0.4, -0.2) is 6.61 Å². The molecule has 0 radical (unpaired) electrons. The summed E-state index contributed by atoms with van der Waals surface area (Å²) in [6.45, 7) is 3.80. The maximum atomic E-state index is 14.5. The lowest BCUT2D eigenvalue weighted by Crippen LogP contribution is -2.23. The van der Waals surface area contributed by atoms with Gasteiger partial charge >= 0.3 is 6.11 Å². The summed E-state index contributed by atoms with van der Waals surface area (Å²) in [7, 11) is 0. The Morgan fingerprint density at radius 2 is 1.67 bits per heavy atom. The summed E-state index contributed by atoms with van der Waals surface area (Å²) in [5, 5.41) is 0. The van der Waals surface area contributed by atoms with E-state index >= 15 is 0 Å². The molecule has 0 fully saturated rings. The van der Waals surface area contributed by atoms with Gasteiger partial charge in [0.2, 0.25) is 11.6 Å². The van der Waals surface area contributed by atoms with Crippen molar-refractivity contribution >= 4 is 0 Å². The van der Waals surface area contributed by atoms with Crippen molar-refractivity contribution in [2.24, 2.45) is 0 Å². The monoisotopic (exact) mass is 424 g/mol. The molecule has 0 saturated heterocycles. The lowest BCUT2D eigenvalue weighted by molar-refractivity contribution is -0.187. The Hall–Kier alpha value is -2.70. The second kappa shape index (κ2) is 9.41. The van der Waals surface area contributed by atoms with Crippen molar-refractivity contribution in [2.75, 3.05) is 6.61 Å². The first-order chi connectivity index (χ1) is 14.4. The fraction of sp³-hybridized carbons (Fsp3) is 0.391. The van der Waals surface area contributed by atoms with Gasteiger partial charge in [0.15, 0.2) is 11.5 Å². The van der Waals surface area contributed by atoms with Gasteiger partial charge in [-0.1, -0.05) is 25.5 Å². The van der Waals surface area contributed by atoms with Crippen molar-refractivity contribution in [3.8, 4) is 11.5 Å². The molecular formula is C23H24F4O3. The van der Waals surface area contributed by atoms with Gasteiger partial charge in [0.1, 0.15) is 6.10 Å². The van der Waals surface area contributed by atoms with Crippen LogP contribution in [0.15, 0.2) is 48.2 Å². The fourth-order valence-electron chi connectivity index (χ4n) is 3.32. The van der Waals surface area contributed by atoms with Crippen molar-refractivity contribution in [1.29, 1.82) is 0 Å². The van der Waals surface area contributed by atoms with E-state index in [0.717, 1.165) is 43.4 Å². The Morgan fingerprint density at radius 3 is 2.27 bits per heavy atom. The molecule has 1 atom stereocenters. The van der Waals surface area contributed by atoms with Crippen LogP contribution in [0.1, 0.15) is 56.8 Å². The van der Waals surface area contributed by atoms with E-state index in [-0.39, 0.29) is 18.5 Å². The number of allylic oxidation sites excluding steroid dienone is 1. The van der Waals surface area contributed by atoms with Crippen molar-refractivity contribution < 1.29 is 31.8 Å². The first-order valence-corrected chi connectivity index (χ1v) is 9.97. The Bertz CT molecular complexity index is 894. The Morgan fingerprint density at radius 1 is 1.00 bits per heavy atom. The largest absolute Gasteiger partial charge is 0.493 e. The molecular weight excluding hydrogens is 400 g/mol. The number of hydrogen-bond acceptors (Lipinski definition) is 3. The molecule has 7 heteroatoms. The molecule has 3 nitrogen and oxygen atoms in total. The first-order valence-electron chi connectivity index (χ1n) is 9.97. The van der Waals surface area contributed by atoms with Gasteiger partial charge in [-0.05, 0) is 61.6 Å². The highest BCUT2D eigenvalue weighted by Gasteiger charge is 2.36. The Labute approximate surface area is 173 Å². The van der Waals surface area contributed by atoms with Crippen LogP contribution in [0.3, 0.4) is 0 Å². The average molecular weight is 424 g/mol. The third kappa shape index (κ3) is 4.89. The lowest BCUT2D eigenvalue weighted by atomic mass is 9.97. The van der Waals surface area contributed by atoms with E-state index in [9.17, 15) is 17.6 Å². The van der Waals surface area contributed by atoms with E-state index in [1.54, 1.807) is 13.2 Å². The zero-order valence-corrected chi connectivity index (χ0v) is 16.9. The van der Waals surface area contributed by atoms with Crippen molar-refractivity contribution in [1.82, 2.24) is 0 Å². The molecule has 0 spiro atoms. The third-order valence-corrected chi connectivity index (χ3v) is 4.87. The number of rotatable bonds is 8. The van der Waals surface area contributed by atoms with E-state index < -0.39 is 29.1 Å². The highest BCUT2D eigenvalue weighted by atomic mass is 19.3. The summed E-state index contributed by atoms with van der Waals surface area (Å²) < 4.78 is 72.2. The normalized spacial score (nSPS) is 16.6. The molecule has 0 bridgehead atoms. The highest BCUT2D eigenvalue weighted by molar-refractivity contribution is 5.36. The van der Waals surface area contributed by atoms with E-state index in [2.05, 4.69) is 11.7 Å². The summed E-state index contributed by atoms with van der Waals surface area (Å²) in [6, 6.07) is 7.44. The standard InChI is InChI=1S/C23H24F4O3/c1-3-5-15-6-11-18(29-14-15)16-7-9-17(10-8-16)23(26,27)30-20-13-12-19(28-4-2)21(24)22(20)25/h7-10,12-14,18H,3-6,11H2,1-2H3. The molecule has 0 aromatic heterocycles. The number of hydrogen-bond donors (Lipinski definition) is 0. The van der Waals surface area contributed by atoms with Gasteiger partial charge in [0.25, 0.3) is 0 Å². The minimum absolute atomic E-state index is 0.111. The molecule has 3 rings (SSSR count). The Balaban J connectivity index is 1.72. The molecule has 2 aromatic carbocycles. The predicted molar refractivity (Wildman–Crippen MR) is 105 cm³/mol. The van der Waals surface area contributed by atoms with Crippen LogP contribution >= 0.6 is 0 Å². The first kappa shape index (κ1) is 22.0. The number of benzene rings is 2. The zero-order valence-electron chi connectivity index (χ0n) is 16.9. The number of alkyl halides is 2. The lowest BCUT2D eigenvalue weighted by Gasteiger charge is -2.24. The second-order valence-electron chi connectivity index (χ2n) is 7.05. The fourth-order valence-corrected chi connectivity index (χ4v) is 3.32. The minimum Gasteiger partial charge on any atom is -0.493 e. The highest BCUT2D eigenvalue weighted by Crippen LogP contribution is 2.37. The molecule has 0 N–H and O–H groups in total. The van der Waals surface area contributed by atoms with Gasteiger partial charge in [0.05, 0.1) is 18.4 Å². The summed E-state index contributed by atoms with van der Waals surface area (Å²) in [5.41, 5.74) is 1.53.